The summed E-state index contributed by atoms with van der Waals surface area (Å²) in [5, 5.41) is 10.4. The Kier molecular flexibility index (Phi) is 5.07. The van der Waals surface area contributed by atoms with E-state index >= 15 is 0 Å². The summed E-state index contributed by atoms with van der Waals surface area (Å²) in [5.74, 6) is -2.65. The van der Waals surface area contributed by atoms with E-state index in [1.165, 1.54) is 7.11 Å². The molecule has 1 aliphatic heterocycles. The van der Waals surface area contributed by atoms with E-state index in [0.29, 0.717) is 6.42 Å². The van der Waals surface area contributed by atoms with E-state index in [0.717, 1.165) is 0 Å². The highest BCUT2D eigenvalue weighted by Crippen LogP contribution is 2.40. The van der Waals surface area contributed by atoms with Crippen LogP contribution >= 0.6 is 0 Å². The molecule has 118 valence electrons. The molecule has 1 saturated heterocycles. The fourth-order valence-electron chi connectivity index (χ4n) is 2.17. The summed E-state index contributed by atoms with van der Waals surface area (Å²) >= 11 is 0. The molecule has 0 unspecified atom stereocenters. The molecule has 0 radical (unpaired) electrons. The summed E-state index contributed by atoms with van der Waals surface area (Å²) in [6, 6.07) is 0. The van der Waals surface area contributed by atoms with Crippen molar-refractivity contribution in [3.05, 3.63) is 0 Å². The number of rotatable bonds is 3. The molecule has 1 N–H and O–H groups in total. The molecule has 1 aliphatic rings. The number of hydrogen-bond acceptors (Lipinski definition) is 5. The van der Waals surface area contributed by atoms with E-state index in [1.807, 2.05) is 6.92 Å². The van der Waals surface area contributed by atoms with Crippen molar-refractivity contribution in [1.29, 1.82) is 0 Å². The quantitative estimate of drug-likeness (QED) is 0.641. The van der Waals surface area contributed by atoms with Crippen LogP contribution in [0.3, 0.4) is 0 Å². The molecule has 0 bridgehead atoms. The molecule has 0 aromatic rings. The summed E-state index contributed by atoms with van der Waals surface area (Å²) in [6.07, 6.45) is 0.355. The third-order valence-corrected chi connectivity index (χ3v) is 8.80. The van der Waals surface area contributed by atoms with Crippen LogP contribution in [0, 0.1) is 0 Å². The predicted octanol–water partition coefficient (Wildman–Crippen LogP) is 2.44. The summed E-state index contributed by atoms with van der Waals surface area (Å²) in [4.78, 5) is 11.7. The molecule has 0 amide bonds. The Balaban J connectivity index is 2.85. The van der Waals surface area contributed by atoms with Crippen LogP contribution in [0.4, 0.5) is 0 Å². The second-order valence-corrected chi connectivity index (χ2v) is 11.9. The molecule has 1 rings (SSSR count). The molecule has 20 heavy (non-hydrogen) atoms. The molecule has 0 aliphatic carbocycles. The van der Waals surface area contributed by atoms with Crippen LogP contribution in [0.15, 0.2) is 0 Å². The van der Waals surface area contributed by atoms with Gasteiger partial charge in [-0.2, -0.15) is 0 Å². The maximum absolute atomic E-state index is 11.7. The van der Waals surface area contributed by atoms with Gasteiger partial charge in [0.05, 0.1) is 19.3 Å². The van der Waals surface area contributed by atoms with E-state index in [4.69, 9.17) is 9.16 Å². The topological polar surface area (TPSA) is 65.0 Å². The number of carbonyl (C=O) groups is 1. The first-order valence-electron chi connectivity index (χ1n) is 7.08. The summed E-state index contributed by atoms with van der Waals surface area (Å²) < 4.78 is 16.3. The van der Waals surface area contributed by atoms with E-state index in [-0.39, 0.29) is 23.7 Å². The van der Waals surface area contributed by atoms with Crippen LogP contribution in [-0.4, -0.2) is 44.5 Å². The first-order chi connectivity index (χ1) is 8.91. The van der Waals surface area contributed by atoms with Gasteiger partial charge in [0, 0.05) is 6.42 Å². The molecule has 5 nitrogen and oxygen atoms in total. The van der Waals surface area contributed by atoms with E-state index in [9.17, 15) is 9.90 Å². The Morgan fingerprint density at radius 1 is 1.40 bits per heavy atom. The average molecular weight is 304 g/mol. The Bertz CT molecular complexity index is 363. The van der Waals surface area contributed by atoms with Crippen LogP contribution in [-0.2, 0) is 18.7 Å². The molecule has 6 heteroatoms. The number of aliphatic hydroxyl groups is 1. The van der Waals surface area contributed by atoms with Crippen LogP contribution in [0.5, 0.6) is 0 Å². The zero-order valence-electron chi connectivity index (χ0n) is 13.6. The van der Waals surface area contributed by atoms with Gasteiger partial charge in [0.1, 0.15) is 0 Å². The van der Waals surface area contributed by atoms with E-state index in [2.05, 4.69) is 38.6 Å². The fraction of sp³-hybridized carbons (Fsp3) is 0.929. The third kappa shape index (κ3) is 3.81. The lowest BCUT2D eigenvalue weighted by Crippen LogP contribution is -2.55. The van der Waals surface area contributed by atoms with Gasteiger partial charge >= 0.3 is 5.97 Å². The van der Waals surface area contributed by atoms with Crippen molar-refractivity contribution in [2.45, 2.75) is 76.7 Å². The van der Waals surface area contributed by atoms with Gasteiger partial charge in [-0.05, 0) is 31.5 Å². The lowest BCUT2D eigenvalue weighted by molar-refractivity contribution is -0.267. The minimum Gasteiger partial charge on any atom is -0.465 e. The number of hydrogen-bond donors (Lipinski definition) is 1. The second kappa shape index (κ2) is 5.75. The van der Waals surface area contributed by atoms with Crippen LogP contribution < -0.4 is 0 Å². The van der Waals surface area contributed by atoms with Gasteiger partial charge in [0.15, 0.2) is 8.32 Å². The molecule has 3 atom stereocenters. The molecule has 1 fully saturated rings. The SMILES string of the molecule is COC(=O)[C@]1(O)C[C@H](O[Si](C)(C)C(C)(C)C)C[C@@H](C)O1. The number of methoxy groups -OCH3 is 1. The number of esters is 1. The van der Waals surface area contributed by atoms with Crippen molar-refractivity contribution in [2.24, 2.45) is 0 Å². The molecule has 1 heterocycles. The molecular formula is C14H28O5Si. The molecule has 0 aromatic heterocycles. The molecular weight excluding hydrogens is 276 g/mol. The zero-order chi connectivity index (χ0) is 15.8. The lowest BCUT2D eigenvalue weighted by atomic mass is 9.99. The highest BCUT2D eigenvalue weighted by atomic mass is 28.4. The highest BCUT2D eigenvalue weighted by molar-refractivity contribution is 6.74. The van der Waals surface area contributed by atoms with Crippen molar-refractivity contribution in [3.8, 4) is 0 Å². The Labute approximate surface area is 122 Å². The van der Waals surface area contributed by atoms with Gasteiger partial charge in [-0.1, -0.05) is 20.8 Å². The minimum atomic E-state index is -1.95. The van der Waals surface area contributed by atoms with Gasteiger partial charge in [-0.25, -0.2) is 4.79 Å². The summed E-state index contributed by atoms with van der Waals surface area (Å²) in [6.45, 7) is 12.6. The summed E-state index contributed by atoms with van der Waals surface area (Å²) in [7, 11) is -0.705. The maximum Gasteiger partial charge on any atom is 0.366 e. The Morgan fingerprint density at radius 2 is 1.95 bits per heavy atom. The largest absolute Gasteiger partial charge is 0.465 e. The van der Waals surface area contributed by atoms with Gasteiger partial charge in [0.2, 0.25) is 0 Å². The molecule has 0 saturated carbocycles. The van der Waals surface area contributed by atoms with Gasteiger partial charge in [0.25, 0.3) is 5.79 Å². The van der Waals surface area contributed by atoms with E-state index in [1.54, 1.807) is 0 Å². The van der Waals surface area contributed by atoms with Crippen LogP contribution in [0.1, 0.15) is 40.5 Å². The van der Waals surface area contributed by atoms with Crippen molar-refractivity contribution < 1.29 is 23.8 Å². The van der Waals surface area contributed by atoms with Crippen molar-refractivity contribution in [3.63, 3.8) is 0 Å². The molecule has 0 aromatic carbocycles. The Morgan fingerprint density at radius 3 is 2.40 bits per heavy atom. The van der Waals surface area contributed by atoms with Gasteiger partial charge in [-0.15, -0.1) is 0 Å². The minimum absolute atomic E-state index is 0.0813. The smallest absolute Gasteiger partial charge is 0.366 e. The standard InChI is InChI=1S/C14H28O5Si/c1-10-8-11(19-20(6,7)13(2,3)4)9-14(16,18-10)12(15)17-5/h10-11,16H,8-9H2,1-7H3/t10-,11-,14+/m1/s1. The summed E-state index contributed by atoms with van der Waals surface area (Å²) in [5.41, 5.74) is 0. The van der Waals surface area contributed by atoms with Gasteiger partial charge < -0.3 is 19.0 Å². The average Bonchev–Trinajstić information content (AvgIpc) is 2.24. The highest BCUT2D eigenvalue weighted by Gasteiger charge is 2.49. The van der Waals surface area contributed by atoms with Crippen molar-refractivity contribution in [1.82, 2.24) is 0 Å². The Hall–Kier alpha value is -0.433. The van der Waals surface area contributed by atoms with Crippen molar-refractivity contribution >= 4 is 14.3 Å². The lowest BCUT2D eigenvalue weighted by Gasteiger charge is -2.44. The fourth-order valence-corrected chi connectivity index (χ4v) is 3.53. The van der Waals surface area contributed by atoms with Crippen molar-refractivity contribution in [2.75, 3.05) is 7.11 Å². The number of ether oxygens (including phenoxy) is 2. The zero-order valence-corrected chi connectivity index (χ0v) is 14.6. The molecule has 0 spiro atoms. The predicted molar refractivity (Wildman–Crippen MR) is 78.8 cm³/mol. The normalized spacial score (nSPS) is 32.0. The van der Waals surface area contributed by atoms with Crippen LogP contribution in [0.2, 0.25) is 18.1 Å². The van der Waals surface area contributed by atoms with E-state index < -0.39 is 20.1 Å². The van der Waals surface area contributed by atoms with Gasteiger partial charge in [-0.3, -0.25) is 0 Å². The first kappa shape index (κ1) is 17.6. The third-order valence-electron chi connectivity index (χ3n) is 4.27. The number of carbonyl (C=O) groups excluding carboxylic acids is 1. The second-order valence-electron chi connectivity index (χ2n) is 7.14. The maximum atomic E-state index is 11.7. The monoisotopic (exact) mass is 304 g/mol. The van der Waals surface area contributed by atoms with Crippen LogP contribution in [0.25, 0.3) is 0 Å². The first-order valence-corrected chi connectivity index (χ1v) is 9.98.